The molecule has 3 aromatic rings. The summed E-state index contributed by atoms with van der Waals surface area (Å²) >= 11 is 9.11. The van der Waals surface area contributed by atoms with Crippen molar-refractivity contribution in [1.82, 2.24) is 28.7 Å². The summed E-state index contributed by atoms with van der Waals surface area (Å²) in [6.07, 6.45) is 1.56. The molecular formula is C24H62I4N6O12P30. The topological polar surface area (TPSA) is 164 Å². The Hall–Kier alpha value is 13.0. The third-order valence-electron chi connectivity index (χ3n) is 10.5. The van der Waals surface area contributed by atoms with E-state index in [1.54, 1.807) is 0 Å². The van der Waals surface area contributed by atoms with Crippen LogP contribution in [0, 0.1) is 14.8 Å². The molecule has 3 aliphatic rings. The maximum Gasteiger partial charge on any atom is 0.148 e. The van der Waals surface area contributed by atoms with Gasteiger partial charge in [-0.1, -0.05) is 107 Å². The van der Waals surface area contributed by atoms with Crippen molar-refractivity contribution in [3.05, 3.63) is 44.7 Å². The third kappa shape index (κ3) is 24.5. The predicted octanol–water partition coefficient (Wildman–Crippen LogP) is 17.4. The van der Waals surface area contributed by atoms with Crippen molar-refractivity contribution in [3.63, 3.8) is 0 Å². The van der Waals surface area contributed by atoms with Crippen molar-refractivity contribution in [2.45, 2.75) is 73.1 Å². The van der Waals surface area contributed by atoms with Crippen molar-refractivity contribution in [1.29, 1.82) is 0 Å². The summed E-state index contributed by atoms with van der Waals surface area (Å²) in [6.45, 7) is 1.63. The lowest BCUT2D eigenvalue weighted by Gasteiger charge is -2.42. The molecule has 0 N–H and O–H groups in total. The molecule has 3 aromatic heterocycles. The first kappa shape index (κ1) is 81.4. The van der Waals surface area contributed by atoms with Gasteiger partial charge in [0.2, 0.25) is 0 Å². The molecule has 0 amide bonds. The number of nitrogens with zero attached hydrogens (tertiary/aromatic N) is 6. The van der Waals surface area contributed by atoms with E-state index in [0.29, 0.717) is 43.7 Å². The van der Waals surface area contributed by atoms with Crippen LogP contribution in [0.4, 0.5) is 0 Å². The highest BCUT2D eigenvalue weighted by molar-refractivity contribution is 14.1. The number of fused-ring (bicyclic) bond motifs is 3. The Morgan fingerprint density at radius 1 is 0.500 bits per heavy atom. The van der Waals surface area contributed by atoms with Crippen LogP contribution < -0.4 is 0 Å². The van der Waals surface area contributed by atoms with Gasteiger partial charge in [0.05, 0.1) is 89.3 Å². The molecular weight excluding hydrogens is 2000 g/mol. The van der Waals surface area contributed by atoms with Gasteiger partial charge >= 0.3 is 0 Å². The molecule has 18 nitrogen and oxygen atoms in total. The Labute approximate surface area is 560 Å². The zero-order valence-electron chi connectivity index (χ0n) is 38.9. The highest BCUT2D eigenvalue weighted by atomic mass is 127. The summed E-state index contributed by atoms with van der Waals surface area (Å²) in [5, 5.41) is 0. The molecule has 0 fully saturated rings. The Bertz CT molecular complexity index is 2150. The van der Waals surface area contributed by atoms with E-state index in [9.17, 15) is 0 Å². The third-order valence-corrected chi connectivity index (χ3v) is 47.4. The molecule has 0 saturated carbocycles. The maximum atomic E-state index is 6.32. The fourth-order valence-corrected chi connectivity index (χ4v) is 23.1. The highest BCUT2D eigenvalue weighted by Crippen LogP contribution is 2.69. The summed E-state index contributed by atoms with van der Waals surface area (Å²) < 4.78 is 82.9. The largest absolute Gasteiger partial charge is 0.352 e. The standard InChI is InChI=1S/C8H20I2N2O4P10.2C8H21IN2O4P10/c9-6-7(10)12-2(1-13-26(22)24-19)3(16-25(20)21)4(15-23-18)5(14-17)8(12)11-6;9-4-1-11-3(2-12-25(21)23-18)5(15-24(19)20)6(14-22-17)7(13-16)8(11)10-4;9-4-1-10-8-7(13-16)6(14-22-17)5(15-24(19)20)3(11(4)8)2-12-25(21)23-18/h2-5,23-24H,1,17-22H2;2*1,3,5-7,22-23H,2,16-21H2. The average molecular weight is 2060 g/mol. The molecule has 0 saturated heterocycles. The van der Waals surface area contributed by atoms with Crippen LogP contribution in [0.15, 0.2) is 12.4 Å². The van der Waals surface area contributed by atoms with E-state index < -0.39 is 45.2 Å². The predicted molar refractivity (Wildman–Crippen MR) is 439 cm³/mol. The van der Waals surface area contributed by atoms with Crippen LogP contribution in [-0.4, -0.2) is 85.1 Å². The van der Waals surface area contributed by atoms with Crippen molar-refractivity contribution in [3.8, 4) is 0 Å². The molecule has 0 spiro atoms. The highest BCUT2D eigenvalue weighted by Gasteiger charge is 2.50. The zero-order valence-corrected chi connectivity index (χ0v) is 79.7. The molecule has 0 aliphatic carbocycles. The summed E-state index contributed by atoms with van der Waals surface area (Å²) in [4.78, 5) is 14.0. The minimum atomic E-state index is -0.742. The molecule has 39 atom stereocenters. The van der Waals surface area contributed by atoms with Gasteiger partial charge in [0.15, 0.2) is 0 Å². The van der Waals surface area contributed by atoms with Crippen LogP contribution in [0.5, 0.6) is 0 Å². The second-order valence-electron chi connectivity index (χ2n) is 14.6. The van der Waals surface area contributed by atoms with Crippen LogP contribution in [0.3, 0.4) is 0 Å². The Kier molecular flexibility index (Phi) is 47.1. The van der Waals surface area contributed by atoms with E-state index in [1.807, 2.05) is 12.4 Å². The quantitative estimate of drug-likeness (QED) is 0.0523. The van der Waals surface area contributed by atoms with Crippen LogP contribution in [0.25, 0.3) is 0 Å². The van der Waals surface area contributed by atoms with Crippen LogP contribution in [0.2, 0.25) is 0 Å². The van der Waals surface area contributed by atoms with Gasteiger partial charge in [0.25, 0.3) is 0 Å². The lowest BCUT2D eigenvalue weighted by atomic mass is 9.96. The SMILES string of the molecule is POC1c2nc(I)c(I)n2C(COP(P)PP)C(OP(P)P)C1OPP.POC1c2nc(I)cn2C(COP(P)PP)C(OP(P)P)C1OPP.POC1c2ncc(I)n2C(COP(P)PP)C(OP(P)P)C1OPP. The first-order valence-electron chi connectivity index (χ1n) is 20.3. The van der Waals surface area contributed by atoms with E-state index in [0.717, 1.165) is 32.3 Å². The van der Waals surface area contributed by atoms with Gasteiger partial charge in [-0.15, -0.1) is 26.8 Å². The van der Waals surface area contributed by atoms with Crippen molar-refractivity contribution in [2.75, 3.05) is 19.8 Å². The van der Waals surface area contributed by atoms with Gasteiger partial charge in [-0.05, 0) is 114 Å². The monoisotopic (exact) mass is 2060 g/mol. The van der Waals surface area contributed by atoms with E-state index >= 15 is 0 Å². The van der Waals surface area contributed by atoms with Gasteiger partial charge in [0, 0.05) is 60.1 Å². The normalized spacial score (nSPS) is 28.3. The Morgan fingerprint density at radius 2 is 0.882 bits per heavy atom. The smallest absolute Gasteiger partial charge is 0.148 e. The molecule has 3 aliphatic heterocycles. The number of hydrogen-bond acceptors (Lipinski definition) is 15. The van der Waals surface area contributed by atoms with Gasteiger partial charge < -0.3 is 68.0 Å². The molecule has 0 aromatic carbocycles. The molecule has 0 radical (unpaired) electrons. The maximum absolute atomic E-state index is 6.32. The number of hydrogen-bond donors (Lipinski definition) is 0. The molecule has 52 heteroatoms. The molecule has 438 valence electrons. The summed E-state index contributed by atoms with van der Waals surface area (Å²) in [5.74, 6) is 2.55. The van der Waals surface area contributed by atoms with E-state index in [4.69, 9.17) is 59.3 Å². The van der Waals surface area contributed by atoms with Crippen LogP contribution >= 0.6 is 347 Å². The molecule has 6 rings (SSSR count). The molecule has 6 heterocycles. The summed E-state index contributed by atoms with van der Waals surface area (Å²) in [5.41, 5.74) is 0. The van der Waals surface area contributed by atoms with Crippen LogP contribution in [0.1, 0.15) is 53.9 Å². The summed E-state index contributed by atoms with van der Waals surface area (Å²) in [7, 11) is 46.8. The fourth-order valence-electron chi connectivity index (χ4n) is 7.67. The molecule has 0 bridgehead atoms. The lowest BCUT2D eigenvalue weighted by Crippen LogP contribution is -2.48. The average Bonchev–Trinajstić information content (AvgIpc) is 4.06. The van der Waals surface area contributed by atoms with Crippen molar-refractivity contribution in [2.24, 2.45) is 0 Å². The number of halogens is 4. The Balaban J connectivity index is 0.000000246. The van der Waals surface area contributed by atoms with Gasteiger partial charge in [-0.25, -0.2) is 15.0 Å². The molecule has 76 heavy (non-hydrogen) atoms. The molecule has 39 unspecified atom stereocenters. The van der Waals surface area contributed by atoms with Gasteiger partial charge in [0.1, 0.15) is 87.2 Å². The first-order valence-corrected chi connectivity index (χ1v) is 67.3. The Morgan fingerprint density at radius 3 is 1.28 bits per heavy atom. The van der Waals surface area contributed by atoms with Crippen molar-refractivity contribution >= 4 is 347 Å². The fraction of sp³-hybridized carbons (Fsp3) is 0.625. The lowest BCUT2D eigenvalue weighted by molar-refractivity contribution is -0.0572. The zero-order chi connectivity index (χ0) is 56.6. The van der Waals surface area contributed by atoms with Crippen LogP contribution in [-0.2, 0) is 54.3 Å². The minimum Gasteiger partial charge on any atom is -0.352 e. The van der Waals surface area contributed by atoms with Gasteiger partial charge in [-0.3, -0.25) is 0 Å². The summed E-state index contributed by atoms with van der Waals surface area (Å²) in [6, 6.07) is -0.0782. The van der Waals surface area contributed by atoms with E-state index in [1.165, 1.54) is 0 Å². The first-order chi connectivity index (χ1) is 36.2. The second-order valence-corrected chi connectivity index (χ2v) is 66.1. The number of rotatable bonds is 27. The van der Waals surface area contributed by atoms with E-state index in [2.05, 4.69) is 276 Å². The number of aromatic nitrogens is 6. The van der Waals surface area contributed by atoms with Gasteiger partial charge in [-0.2, -0.15) is 0 Å². The second kappa shape index (κ2) is 44.0. The van der Waals surface area contributed by atoms with E-state index in [-0.39, 0.29) is 98.5 Å². The number of imidazole rings is 3. The van der Waals surface area contributed by atoms with Crippen molar-refractivity contribution < 1.29 is 54.3 Å². The minimum absolute atomic E-state index is 0.0215.